The Morgan fingerprint density at radius 3 is 2.80 bits per heavy atom. The Morgan fingerprint density at radius 2 is 2.13 bits per heavy atom. The van der Waals surface area contributed by atoms with E-state index in [9.17, 15) is 5.11 Å². The number of benzene rings is 1. The Morgan fingerprint density at radius 1 is 1.40 bits per heavy atom. The van der Waals surface area contributed by atoms with Gasteiger partial charge in [-0.3, -0.25) is 0 Å². The Hall–Kier alpha value is -1.48. The third-order valence-corrected chi connectivity index (χ3v) is 2.92. The number of aromatic hydroxyl groups is 1. The molecule has 15 heavy (non-hydrogen) atoms. The van der Waals surface area contributed by atoms with Crippen molar-refractivity contribution in [1.29, 1.82) is 0 Å². The number of rotatable bonds is 2. The average Bonchev–Trinajstić information content (AvgIpc) is 2.57. The number of aryl methyl sites for hydroxylation is 1. The van der Waals surface area contributed by atoms with Gasteiger partial charge < -0.3 is 15.0 Å². The van der Waals surface area contributed by atoms with Gasteiger partial charge in [0.2, 0.25) is 0 Å². The van der Waals surface area contributed by atoms with Gasteiger partial charge in [-0.25, -0.2) is 0 Å². The van der Waals surface area contributed by atoms with E-state index in [0.717, 1.165) is 16.5 Å². The lowest BCUT2D eigenvalue weighted by Gasteiger charge is -2.08. The summed E-state index contributed by atoms with van der Waals surface area (Å²) in [7, 11) is 3.91. The highest BCUT2D eigenvalue weighted by Crippen LogP contribution is 2.32. The molecule has 2 N–H and O–H groups in total. The van der Waals surface area contributed by atoms with Crippen molar-refractivity contribution in [3.63, 3.8) is 0 Å². The molecule has 1 atom stereocenters. The molecule has 0 fully saturated rings. The molecule has 1 aromatic heterocycles. The van der Waals surface area contributed by atoms with Crippen molar-refractivity contribution in [2.75, 3.05) is 7.05 Å². The average molecular weight is 204 g/mol. The van der Waals surface area contributed by atoms with E-state index in [-0.39, 0.29) is 6.04 Å². The molecule has 0 amide bonds. The van der Waals surface area contributed by atoms with Crippen molar-refractivity contribution >= 4 is 10.9 Å². The van der Waals surface area contributed by atoms with Crippen LogP contribution in [-0.4, -0.2) is 16.7 Å². The van der Waals surface area contributed by atoms with Gasteiger partial charge in [0.15, 0.2) is 0 Å². The Labute approximate surface area is 89.3 Å². The van der Waals surface area contributed by atoms with Crippen LogP contribution < -0.4 is 5.32 Å². The molecule has 1 heterocycles. The van der Waals surface area contributed by atoms with Gasteiger partial charge in [0, 0.05) is 24.7 Å². The zero-order valence-electron chi connectivity index (χ0n) is 9.28. The highest BCUT2D eigenvalue weighted by molar-refractivity contribution is 5.90. The van der Waals surface area contributed by atoms with Crippen LogP contribution in [0.1, 0.15) is 18.5 Å². The summed E-state index contributed by atoms with van der Waals surface area (Å²) in [5.74, 6) is 0.352. The lowest BCUT2D eigenvalue weighted by molar-refractivity contribution is 0.480. The van der Waals surface area contributed by atoms with E-state index >= 15 is 0 Å². The van der Waals surface area contributed by atoms with Gasteiger partial charge in [0.1, 0.15) is 5.75 Å². The number of nitrogens with zero attached hydrogens (tertiary/aromatic N) is 1. The van der Waals surface area contributed by atoms with Crippen LogP contribution in [0.4, 0.5) is 0 Å². The normalized spacial score (nSPS) is 13.3. The Balaban J connectivity index is 2.75. The summed E-state index contributed by atoms with van der Waals surface area (Å²) >= 11 is 0. The van der Waals surface area contributed by atoms with E-state index in [2.05, 4.69) is 18.4 Å². The predicted molar refractivity (Wildman–Crippen MR) is 62.1 cm³/mol. The van der Waals surface area contributed by atoms with Crippen LogP contribution >= 0.6 is 0 Å². The maximum Gasteiger partial charge on any atom is 0.125 e. The maximum atomic E-state index is 9.87. The molecule has 2 rings (SSSR count). The van der Waals surface area contributed by atoms with Gasteiger partial charge in [-0.05, 0) is 31.7 Å². The minimum atomic E-state index is 0.238. The van der Waals surface area contributed by atoms with Crippen molar-refractivity contribution in [2.45, 2.75) is 13.0 Å². The number of nitrogens with one attached hydrogen (secondary N) is 1. The molecular weight excluding hydrogens is 188 g/mol. The summed E-state index contributed by atoms with van der Waals surface area (Å²) in [5.41, 5.74) is 2.19. The first-order valence-electron chi connectivity index (χ1n) is 5.09. The first-order valence-corrected chi connectivity index (χ1v) is 5.09. The van der Waals surface area contributed by atoms with Gasteiger partial charge >= 0.3 is 0 Å². The first-order chi connectivity index (χ1) is 7.15. The number of phenols is 1. The summed E-state index contributed by atoms with van der Waals surface area (Å²) in [6.07, 6.45) is 2.06. The standard InChI is InChI=1S/C12H16N2O/c1-8(13-2)9-7-14(3)10-5-4-6-11(15)12(9)10/h4-8,13,15H,1-3H3. The van der Waals surface area contributed by atoms with Gasteiger partial charge in [0.05, 0.1) is 5.52 Å². The van der Waals surface area contributed by atoms with Crippen LogP contribution in [0.15, 0.2) is 24.4 Å². The molecule has 3 nitrogen and oxygen atoms in total. The minimum Gasteiger partial charge on any atom is -0.507 e. The smallest absolute Gasteiger partial charge is 0.125 e. The fourth-order valence-electron chi connectivity index (χ4n) is 1.94. The second-order valence-corrected chi connectivity index (χ2v) is 3.88. The summed E-state index contributed by atoms with van der Waals surface area (Å²) in [6.45, 7) is 2.08. The Kier molecular flexibility index (Phi) is 2.40. The quantitative estimate of drug-likeness (QED) is 0.786. The molecule has 0 spiro atoms. The van der Waals surface area contributed by atoms with Gasteiger partial charge in [-0.2, -0.15) is 0 Å². The predicted octanol–water partition coefficient (Wildman–Crippen LogP) is 2.16. The summed E-state index contributed by atoms with van der Waals surface area (Å²) in [4.78, 5) is 0. The van der Waals surface area contributed by atoms with E-state index in [1.807, 2.05) is 30.8 Å². The summed E-state index contributed by atoms with van der Waals surface area (Å²) in [6, 6.07) is 5.85. The highest BCUT2D eigenvalue weighted by Gasteiger charge is 2.14. The zero-order valence-corrected chi connectivity index (χ0v) is 9.28. The zero-order chi connectivity index (χ0) is 11.0. The largest absolute Gasteiger partial charge is 0.507 e. The lowest BCUT2D eigenvalue weighted by atomic mass is 10.1. The van der Waals surface area contributed by atoms with E-state index in [1.54, 1.807) is 6.07 Å². The first kappa shape index (κ1) is 10.1. The molecule has 0 radical (unpaired) electrons. The number of hydrogen-bond donors (Lipinski definition) is 2. The third-order valence-electron chi connectivity index (χ3n) is 2.92. The summed E-state index contributed by atoms with van der Waals surface area (Å²) < 4.78 is 2.04. The number of hydrogen-bond acceptors (Lipinski definition) is 2. The van der Waals surface area contributed by atoms with Crippen molar-refractivity contribution in [2.24, 2.45) is 7.05 Å². The molecule has 2 aromatic rings. The monoisotopic (exact) mass is 204 g/mol. The minimum absolute atomic E-state index is 0.238. The van der Waals surface area contributed by atoms with Gasteiger partial charge in [-0.1, -0.05) is 6.07 Å². The van der Waals surface area contributed by atoms with Crippen LogP contribution in [0, 0.1) is 0 Å². The van der Waals surface area contributed by atoms with E-state index in [1.165, 1.54) is 0 Å². The lowest BCUT2D eigenvalue weighted by Crippen LogP contribution is -2.11. The van der Waals surface area contributed by atoms with Crippen LogP contribution in [0.2, 0.25) is 0 Å². The van der Waals surface area contributed by atoms with E-state index < -0.39 is 0 Å². The van der Waals surface area contributed by atoms with Gasteiger partial charge in [0.25, 0.3) is 0 Å². The summed E-state index contributed by atoms with van der Waals surface area (Å²) in [5, 5.41) is 14.0. The van der Waals surface area contributed by atoms with Crippen LogP contribution in [0.5, 0.6) is 5.75 Å². The van der Waals surface area contributed by atoms with Crippen molar-refractivity contribution in [1.82, 2.24) is 9.88 Å². The van der Waals surface area contributed by atoms with Crippen LogP contribution in [0.3, 0.4) is 0 Å². The molecule has 1 unspecified atom stereocenters. The number of phenolic OH excluding ortho intramolecular Hbond substituents is 1. The van der Waals surface area contributed by atoms with Crippen LogP contribution in [0.25, 0.3) is 10.9 Å². The molecule has 1 aromatic carbocycles. The van der Waals surface area contributed by atoms with Crippen molar-refractivity contribution in [3.8, 4) is 5.75 Å². The molecule has 0 bridgehead atoms. The molecule has 0 aliphatic carbocycles. The molecule has 80 valence electrons. The van der Waals surface area contributed by atoms with E-state index in [4.69, 9.17) is 0 Å². The van der Waals surface area contributed by atoms with Gasteiger partial charge in [-0.15, -0.1) is 0 Å². The molecular formula is C12H16N2O. The second kappa shape index (κ2) is 3.59. The molecule has 0 aliphatic heterocycles. The topological polar surface area (TPSA) is 37.2 Å². The number of fused-ring (bicyclic) bond motifs is 1. The molecule has 0 saturated heterocycles. The maximum absolute atomic E-state index is 9.87. The second-order valence-electron chi connectivity index (χ2n) is 3.88. The van der Waals surface area contributed by atoms with E-state index in [0.29, 0.717) is 5.75 Å². The van der Waals surface area contributed by atoms with Crippen molar-refractivity contribution in [3.05, 3.63) is 30.0 Å². The molecule has 3 heteroatoms. The van der Waals surface area contributed by atoms with Crippen LogP contribution in [-0.2, 0) is 7.05 Å². The third kappa shape index (κ3) is 1.49. The molecule has 0 aliphatic rings. The molecule has 0 saturated carbocycles. The van der Waals surface area contributed by atoms with Crippen molar-refractivity contribution < 1.29 is 5.11 Å². The highest BCUT2D eigenvalue weighted by atomic mass is 16.3. The Bertz CT molecular complexity index is 488. The fourth-order valence-corrected chi connectivity index (χ4v) is 1.94. The number of aromatic nitrogens is 1. The fraction of sp³-hybridized carbons (Fsp3) is 0.333. The SMILES string of the molecule is CNC(C)c1cn(C)c2cccc(O)c12.